The minimum Gasteiger partial charge on any atom is -0.341 e. The van der Waals surface area contributed by atoms with E-state index in [0.29, 0.717) is 5.91 Å². The van der Waals surface area contributed by atoms with Crippen LogP contribution in [-0.4, -0.2) is 46.9 Å². The van der Waals surface area contributed by atoms with E-state index in [4.69, 9.17) is 0 Å². The van der Waals surface area contributed by atoms with Crippen LogP contribution in [0.3, 0.4) is 0 Å². The average molecular weight is 219 g/mol. The van der Waals surface area contributed by atoms with Crippen molar-refractivity contribution in [1.82, 2.24) is 4.90 Å². The van der Waals surface area contributed by atoms with Gasteiger partial charge in [0.05, 0.1) is 0 Å². The third-order valence-corrected chi connectivity index (χ3v) is 3.87. The molecule has 2 nitrogen and oxygen atoms in total. The van der Waals surface area contributed by atoms with E-state index in [1.54, 1.807) is 0 Å². The molecule has 1 aliphatic rings. The molecule has 76 valence electrons. The lowest BCUT2D eigenvalue weighted by molar-refractivity contribution is -0.130. The Kier molecular flexibility index (Phi) is 5.71. The van der Waals surface area contributed by atoms with E-state index in [-0.39, 0.29) is 0 Å². The van der Waals surface area contributed by atoms with Gasteiger partial charge in [-0.25, -0.2) is 0 Å². The fourth-order valence-electron chi connectivity index (χ4n) is 1.27. The van der Waals surface area contributed by atoms with Gasteiger partial charge in [0.25, 0.3) is 0 Å². The van der Waals surface area contributed by atoms with Crippen LogP contribution in [0, 0.1) is 0 Å². The number of rotatable bonds is 4. The number of thioether (sulfide) groups is 2. The van der Waals surface area contributed by atoms with Gasteiger partial charge in [0.1, 0.15) is 0 Å². The Bertz CT molecular complexity index is 158. The highest BCUT2D eigenvalue weighted by Gasteiger charge is 2.15. The predicted octanol–water partition coefficient (Wildman–Crippen LogP) is 1.71. The van der Waals surface area contributed by atoms with Gasteiger partial charge < -0.3 is 4.90 Å². The standard InChI is InChI=1S/C9H17NOS2/c1-2-12-6-3-9(11)10-4-7-13-8-5-10/h2-8H2,1H3. The first-order valence-electron chi connectivity index (χ1n) is 4.78. The van der Waals surface area contributed by atoms with Crippen molar-refractivity contribution in [3.05, 3.63) is 0 Å². The summed E-state index contributed by atoms with van der Waals surface area (Å²) >= 11 is 3.79. The van der Waals surface area contributed by atoms with E-state index in [0.717, 1.165) is 42.5 Å². The SMILES string of the molecule is CCSCCC(=O)N1CCSCC1. The van der Waals surface area contributed by atoms with Crippen molar-refractivity contribution in [1.29, 1.82) is 0 Å². The Morgan fingerprint density at radius 2 is 2.15 bits per heavy atom. The number of hydrogen-bond acceptors (Lipinski definition) is 3. The monoisotopic (exact) mass is 219 g/mol. The molecule has 1 aliphatic heterocycles. The molecule has 0 bridgehead atoms. The van der Waals surface area contributed by atoms with Crippen LogP contribution in [0.1, 0.15) is 13.3 Å². The third kappa shape index (κ3) is 4.27. The molecule has 0 aromatic heterocycles. The molecule has 1 rings (SSSR count). The van der Waals surface area contributed by atoms with Crippen LogP contribution in [-0.2, 0) is 4.79 Å². The molecule has 1 saturated heterocycles. The summed E-state index contributed by atoms with van der Waals surface area (Å²) in [5.74, 6) is 4.68. The molecule has 0 aliphatic carbocycles. The molecule has 0 N–H and O–H groups in total. The predicted molar refractivity (Wildman–Crippen MR) is 61.5 cm³/mol. The Hall–Kier alpha value is 0.170. The zero-order valence-corrected chi connectivity index (χ0v) is 9.75. The fraction of sp³-hybridized carbons (Fsp3) is 0.889. The lowest BCUT2D eigenvalue weighted by atomic mass is 10.4. The summed E-state index contributed by atoms with van der Waals surface area (Å²) in [5, 5.41) is 0. The van der Waals surface area contributed by atoms with Crippen molar-refractivity contribution in [3.63, 3.8) is 0 Å². The Balaban J connectivity index is 2.13. The maximum atomic E-state index is 11.6. The van der Waals surface area contributed by atoms with Gasteiger partial charge in [0.15, 0.2) is 0 Å². The molecule has 1 heterocycles. The zero-order chi connectivity index (χ0) is 9.52. The van der Waals surface area contributed by atoms with Crippen LogP contribution < -0.4 is 0 Å². The second-order valence-electron chi connectivity index (χ2n) is 2.94. The highest BCUT2D eigenvalue weighted by Crippen LogP contribution is 2.11. The summed E-state index contributed by atoms with van der Waals surface area (Å²) in [6.45, 7) is 4.05. The summed E-state index contributed by atoms with van der Waals surface area (Å²) in [4.78, 5) is 13.6. The van der Waals surface area contributed by atoms with E-state index in [9.17, 15) is 4.79 Å². The minimum absolute atomic E-state index is 0.348. The van der Waals surface area contributed by atoms with Crippen molar-refractivity contribution in [2.24, 2.45) is 0 Å². The first-order chi connectivity index (χ1) is 6.34. The summed E-state index contributed by atoms with van der Waals surface area (Å²) in [7, 11) is 0. The zero-order valence-electron chi connectivity index (χ0n) is 8.12. The maximum absolute atomic E-state index is 11.6. The maximum Gasteiger partial charge on any atom is 0.223 e. The Labute approximate surface area is 88.8 Å². The summed E-state index contributed by atoms with van der Waals surface area (Å²) in [5.41, 5.74) is 0. The number of hydrogen-bond donors (Lipinski definition) is 0. The van der Waals surface area contributed by atoms with Crippen LogP contribution in [0.15, 0.2) is 0 Å². The first-order valence-corrected chi connectivity index (χ1v) is 7.08. The molecule has 0 atom stereocenters. The van der Waals surface area contributed by atoms with E-state index < -0.39 is 0 Å². The van der Waals surface area contributed by atoms with E-state index in [1.807, 2.05) is 28.4 Å². The highest BCUT2D eigenvalue weighted by molar-refractivity contribution is 7.99. The van der Waals surface area contributed by atoms with Crippen LogP contribution in [0.25, 0.3) is 0 Å². The molecule has 1 amide bonds. The van der Waals surface area contributed by atoms with Crippen LogP contribution in [0.5, 0.6) is 0 Å². The molecular weight excluding hydrogens is 202 g/mol. The molecule has 0 spiro atoms. The molecule has 0 aromatic carbocycles. The smallest absolute Gasteiger partial charge is 0.223 e. The highest BCUT2D eigenvalue weighted by atomic mass is 32.2. The van der Waals surface area contributed by atoms with Gasteiger partial charge in [0, 0.05) is 36.8 Å². The van der Waals surface area contributed by atoms with E-state index in [2.05, 4.69) is 6.92 Å². The molecule has 0 saturated carbocycles. The normalized spacial score (nSPS) is 17.5. The Morgan fingerprint density at radius 3 is 2.77 bits per heavy atom. The van der Waals surface area contributed by atoms with Crippen molar-refractivity contribution in [2.75, 3.05) is 36.1 Å². The van der Waals surface area contributed by atoms with Gasteiger partial charge in [-0.3, -0.25) is 4.79 Å². The number of amides is 1. The average Bonchev–Trinajstić information content (AvgIpc) is 2.19. The molecular formula is C9H17NOS2. The molecule has 4 heteroatoms. The first kappa shape index (κ1) is 11.2. The van der Waals surface area contributed by atoms with Gasteiger partial charge in [-0.15, -0.1) is 0 Å². The number of carbonyl (C=O) groups excluding carboxylic acids is 1. The fourth-order valence-corrected chi connectivity index (χ4v) is 2.79. The molecule has 1 fully saturated rings. The number of carbonyl (C=O) groups is 1. The molecule has 0 radical (unpaired) electrons. The van der Waals surface area contributed by atoms with Gasteiger partial charge >= 0.3 is 0 Å². The summed E-state index contributed by atoms with van der Waals surface area (Å²) < 4.78 is 0. The van der Waals surface area contributed by atoms with Crippen molar-refractivity contribution in [3.8, 4) is 0 Å². The lowest BCUT2D eigenvalue weighted by Crippen LogP contribution is -2.38. The number of nitrogens with zero attached hydrogens (tertiary/aromatic N) is 1. The minimum atomic E-state index is 0.348. The summed E-state index contributed by atoms with van der Waals surface area (Å²) in [6.07, 6.45) is 0.725. The molecule has 0 unspecified atom stereocenters. The largest absolute Gasteiger partial charge is 0.341 e. The molecule has 13 heavy (non-hydrogen) atoms. The van der Waals surface area contributed by atoms with Crippen molar-refractivity contribution >= 4 is 29.4 Å². The van der Waals surface area contributed by atoms with Crippen molar-refractivity contribution in [2.45, 2.75) is 13.3 Å². The summed E-state index contributed by atoms with van der Waals surface area (Å²) in [6, 6.07) is 0. The topological polar surface area (TPSA) is 20.3 Å². The van der Waals surface area contributed by atoms with Crippen LogP contribution >= 0.6 is 23.5 Å². The van der Waals surface area contributed by atoms with Crippen LogP contribution in [0.4, 0.5) is 0 Å². The Morgan fingerprint density at radius 1 is 1.46 bits per heavy atom. The second-order valence-corrected chi connectivity index (χ2v) is 5.56. The second kappa shape index (κ2) is 6.60. The van der Waals surface area contributed by atoms with Gasteiger partial charge in [0.2, 0.25) is 5.91 Å². The van der Waals surface area contributed by atoms with Gasteiger partial charge in [-0.2, -0.15) is 23.5 Å². The van der Waals surface area contributed by atoms with Crippen LogP contribution in [0.2, 0.25) is 0 Å². The third-order valence-electron chi connectivity index (χ3n) is 2.03. The van der Waals surface area contributed by atoms with Gasteiger partial charge in [-0.1, -0.05) is 6.92 Å². The molecule has 0 aromatic rings. The quantitative estimate of drug-likeness (QED) is 0.671. The van der Waals surface area contributed by atoms with Gasteiger partial charge in [-0.05, 0) is 5.75 Å². The van der Waals surface area contributed by atoms with E-state index >= 15 is 0 Å². The van der Waals surface area contributed by atoms with E-state index in [1.165, 1.54) is 0 Å². The lowest BCUT2D eigenvalue weighted by Gasteiger charge is -2.26. The van der Waals surface area contributed by atoms with Crippen molar-refractivity contribution < 1.29 is 4.79 Å².